The third-order valence-corrected chi connectivity index (χ3v) is 8.26. The highest BCUT2D eigenvalue weighted by Crippen LogP contribution is 2.35. The van der Waals surface area contributed by atoms with E-state index >= 15 is 0 Å². The molecule has 2 fully saturated rings. The highest BCUT2D eigenvalue weighted by molar-refractivity contribution is 6.36. The SMILES string of the molecule is Cc1nc2ccc(Oc3ccc4ncc(-c5cnn(CCC6CCN(C7COC7)CC6)c5)nc4c3Cl)cc2[nH]1. The van der Waals surface area contributed by atoms with Crippen LogP contribution in [0.3, 0.4) is 0 Å². The van der Waals surface area contributed by atoms with E-state index in [1.165, 1.54) is 25.9 Å². The number of hydrogen-bond acceptors (Lipinski definition) is 7. The predicted octanol–water partition coefficient (Wildman–Crippen LogP) is 5.62. The van der Waals surface area contributed by atoms with E-state index in [2.05, 4.69) is 25.0 Å². The number of ether oxygens (including phenoxy) is 2. The second-order valence-corrected chi connectivity index (χ2v) is 10.9. The van der Waals surface area contributed by atoms with Crippen LogP contribution >= 0.6 is 11.6 Å². The average molecular weight is 544 g/mol. The molecule has 3 aromatic heterocycles. The monoisotopic (exact) mass is 543 g/mol. The normalized spacial score (nSPS) is 17.2. The van der Waals surface area contributed by atoms with Crippen LogP contribution in [0, 0.1) is 12.8 Å². The zero-order valence-corrected chi connectivity index (χ0v) is 22.6. The molecule has 5 heterocycles. The van der Waals surface area contributed by atoms with E-state index in [-0.39, 0.29) is 0 Å². The second kappa shape index (κ2) is 10.2. The first-order chi connectivity index (χ1) is 19.1. The van der Waals surface area contributed by atoms with Crippen LogP contribution in [-0.4, -0.2) is 67.0 Å². The van der Waals surface area contributed by atoms with Gasteiger partial charge in [-0.15, -0.1) is 0 Å². The molecule has 0 bridgehead atoms. The molecular formula is C29H30ClN7O2. The van der Waals surface area contributed by atoms with Crippen molar-refractivity contribution in [2.75, 3.05) is 26.3 Å². The van der Waals surface area contributed by atoms with Gasteiger partial charge in [0.15, 0.2) is 0 Å². The van der Waals surface area contributed by atoms with Crippen LogP contribution in [0.5, 0.6) is 11.5 Å². The Morgan fingerprint density at radius 1 is 1.08 bits per heavy atom. The quantitative estimate of drug-likeness (QED) is 0.284. The number of halogens is 1. The van der Waals surface area contributed by atoms with Crippen LogP contribution in [0.25, 0.3) is 33.3 Å². The summed E-state index contributed by atoms with van der Waals surface area (Å²) in [5.74, 6) is 2.79. The summed E-state index contributed by atoms with van der Waals surface area (Å²) in [6, 6.07) is 10.1. The summed E-state index contributed by atoms with van der Waals surface area (Å²) in [5.41, 5.74) is 4.77. The smallest absolute Gasteiger partial charge is 0.148 e. The fourth-order valence-corrected chi connectivity index (χ4v) is 5.77. The molecule has 1 N–H and O–H groups in total. The number of aryl methyl sites for hydroxylation is 2. The Bertz CT molecular complexity index is 1640. The summed E-state index contributed by atoms with van der Waals surface area (Å²) in [7, 11) is 0. The molecule has 0 spiro atoms. The molecule has 9 nitrogen and oxygen atoms in total. The van der Waals surface area contributed by atoms with Crippen LogP contribution in [0.2, 0.25) is 5.02 Å². The highest BCUT2D eigenvalue weighted by Gasteiger charge is 2.29. The van der Waals surface area contributed by atoms with Gasteiger partial charge in [-0.2, -0.15) is 5.10 Å². The van der Waals surface area contributed by atoms with Crippen molar-refractivity contribution >= 4 is 33.7 Å². The number of likely N-dealkylation sites (tertiary alicyclic amines) is 1. The largest absolute Gasteiger partial charge is 0.456 e. The number of benzene rings is 2. The first-order valence-corrected chi connectivity index (χ1v) is 13.9. The Morgan fingerprint density at radius 2 is 1.92 bits per heavy atom. The van der Waals surface area contributed by atoms with Gasteiger partial charge in [-0.05, 0) is 69.5 Å². The van der Waals surface area contributed by atoms with Gasteiger partial charge in [0.25, 0.3) is 0 Å². The zero-order chi connectivity index (χ0) is 26.3. The molecule has 2 aliphatic heterocycles. The molecule has 2 aromatic carbocycles. The summed E-state index contributed by atoms with van der Waals surface area (Å²) in [6.07, 6.45) is 9.31. The van der Waals surface area contributed by atoms with Crippen molar-refractivity contribution in [2.45, 2.75) is 38.8 Å². The number of aromatic nitrogens is 6. The van der Waals surface area contributed by atoms with Crippen molar-refractivity contribution < 1.29 is 9.47 Å². The summed E-state index contributed by atoms with van der Waals surface area (Å²) in [6.45, 7) is 6.99. The Hall–Kier alpha value is -3.53. The average Bonchev–Trinajstić information content (AvgIpc) is 3.54. The lowest BCUT2D eigenvalue weighted by molar-refractivity contribution is -0.0741. The number of piperidine rings is 1. The maximum absolute atomic E-state index is 6.78. The summed E-state index contributed by atoms with van der Waals surface area (Å²) in [4.78, 5) is 19.7. The van der Waals surface area contributed by atoms with Gasteiger partial charge in [-0.1, -0.05) is 11.6 Å². The summed E-state index contributed by atoms with van der Waals surface area (Å²) in [5, 5.41) is 5.03. The molecule has 5 aromatic rings. The van der Waals surface area contributed by atoms with Gasteiger partial charge in [0.1, 0.15) is 27.9 Å². The van der Waals surface area contributed by atoms with Crippen molar-refractivity contribution in [1.82, 2.24) is 34.6 Å². The second-order valence-electron chi connectivity index (χ2n) is 10.6. The Morgan fingerprint density at radius 3 is 2.74 bits per heavy atom. The van der Waals surface area contributed by atoms with E-state index in [0.717, 1.165) is 60.2 Å². The molecule has 39 heavy (non-hydrogen) atoms. The lowest BCUT2D eigenvalue weighted by atomic mass is 9.92. The number of imidazole rings is 1. The topological polar surface area (TPSA) is 94.0 Å². The number of fused-ring (bicyclic) bond motifs is 2. The molecule has 0 saturated carbocycles. The lowest BCUT2D eigenvalue weighted by Gasteiger charge is -2.41. The molecule has 2 saturated heterocycles. The van der Waals surface area contributed by atoms with Crippen molar-refractivity contribution in [2.24, 2.45) is 5.92 Å². The minimum absolute atomic E-state index is 0.426. The Balaban J connectivity index is 1.04. The maximum atomic E-state index is 6.78. The number of rotatable bonds is 7. The van der Waals surface area contributed by atoms with Gasteiger partial charge in [0.2, 0.25) is 0 Å². The first-order valence-electron chi connectivity index (χ1n) is 13.5. The Kier molecular flexibility index (Phi) is 6.42. The van der Waals surface area contributed by atoms with Crippen molar-refractivity contribution in [3.8, 4) is 22.8 Å². The summed E-state index contributed by atoms with van der Waals surface area (Å²) >= 11 is 6.78. The molecule has 0 aliphatic carbocycles. The highest BCUT2D eigenvalue weighted by atomic mass is 35.5. The zero-order valence-electron chi connectivity index (χ0n) is 21.8. The van der Waals surface area contributed by atoms with E-state index in [0.29, 0.717) is 33.6 Å². The van der Waals surface area contributed by atoms with Crippen LogP contribution in [0.4, 0.5) is 0 Å². The van der Waals surface area contributed by atoms with Gasteiger partial charge in [-0.25, -0.2) is 9.97 Å². The number of nitrogens with one attached hydrogen (secondary N) is 1. The van der Waals surface area contributed by atoms with Gasteiger partial charge < -0.3 is 14.5 Å². The minimum Gasteiger partial charge on any atom is -0.456 e. The molecule has 200 valence electrons. The third kappa shape index (κ3) is 4.97. The van der Waals surface area contributed by atoms with Crippen LogP contribution in [-0.2, 0) is 11.3 Å². The molecule has 2 aliphatic rings. The van der Waals surface area contributed by atoms with Gasteiger partial charge in [0.05, 0.1) is 53.9 Å². The minimum atomic E-state index is 0.426. The number of hydrogen-bond donors (Lipinski definition) is 1. The fraction of sp³-hybridized carbons (Fsp3) is 0.379. The summed E-state index contributed by atoms with van der Waals surface area (Å²) < 4.78 is 13.5. The Labute approximate surface area is 231 Å². The molecular weight excluding hydrogens is 514 g/mol. The molecule has 0 unspecified atom stereocenters. The van der Waals surface area contributed by atoms with Gasteiger partial charge in [-0.3, -0.25) is 14.6 Å². The number of H-pyrrole nitrogens is 1. The first kappa shape index (κ1) is 24.5. The maximum Gasteiger partial charge on any atom is 0.148 e. The van der Waals surface area contributed by atoms with E-state index < -0.39 is 0 Å². The van der Waals surface area contributed by atoms with Crippen LogP contribution in [0.1, 0.15) is 25.1 Å². The van der Waals surface area contributed by atoms with E-state index in [9.17, 15) is 0 Å². The molecule has 7 rings (SSSR count). The van der Waals surface area contributed by atoms with Crippen LogP contribution < -0.4 is 4.74 Å². The van der Waals surface area contributed by atoms with Crippen molar-refractivity contribution in [3.05, 3.63) is 59.8 Å². The molecule has 0 radical (unpaired) electrons. The van der Waals surface area contributed by atoms with Crippen molar-refractivity contribution in [3.63, 3.8) is 0 Å². The lowest BCUT2D eigenvalue weighted by Crippen LogP contribution is -2.51. The molecule has 0 atom stereocenters. The van der Waals surface area contributed by atoms with Crippen LogP contribution in [0.15, 0.2) is 48.9 Å². The van der Waals surface area contributed by atoms with Crippen molar-refractivity contribution in [1.29, 1.82) is 0 Å². The van der Waals surface area contributed by atoms with E-state index in [1.54, 1.807) is 6.20 Å². The fourth-order valence-electron chi connectivity index (χ4n) is 5.52. The van der Waals surface area contributed by atoms with E-state index in [4.69, 9.17) is 26.1 Å². The predicted molar refractivity (Wildman–Crippen MR) is 150 cm³/mol. The number of nitrogens with zero attached hydrogens (tertiary/aromatic N) is 6. The van der Waals surface area contributed by atoms with E-state index in [1.807, 2.05) is 54.3 Å². The number of aromatic amines is 1. The molecule has 10 heteroatoms. The van der Waals surface area contributed by atoms with Gasteiger partial charge >= 0.3 is 0 Å². The van der Waals surface area contributed by atoms with Gasteiger partial charge in [0, 0.05) is 24.4 Å². The molecule has 0 amide bonds. The standard InChI is InChI=1S/C29H30ClN7O2/c1-18-33-23-3-2-22(12-25(23)34-18)39-27-5-4-24-29(28(27)30)35-26(14-31-24)20-13-32-37(15-20)11-8-19-6-9-36(10-7-19)21-16-38-17-21/h2-5,12-15,19,21H,6-11,16-17H2,1H3,(H,33,34). The third-order valence-electron chi connectivity index (χ3n) is 7.90.